The second kappa shape index (κ2) is 8.13. The molecule has 0 saturated heterocycles. The third kappa shape index (κ3) is 5.84. The van der Waals surface area contributed by atoms with Crippen LogP contribution in [-0.4, -0.2) is 30.9 Å². The Bertz CT molecular complexity index is 458. The van der Waals surface area contributed by atoms with Gasteiger partial charge in [0.15, 0.2) is 0 Å². The van der Waals surface area contributed by atoms with Gasteiger partial charge in [-0.1, -0.05) is 31.4 Å². The third-order valence-electron chi connectivity index (χ3n) is 4.07. The molecule has 0 bridgehead atoms. The van der Waals surface area contributed by atoms with Crippen LogP contribution in [0.3, 0.4) is 0 Å². The van der Waals surface area contributed by atoms with Gasteiger partial charge < -0.3 is 5.32 Å². The first-order valence-corrected chi connectivity index (χ1v) is 7.83. The lowest BCUT2D eigenvalue weighted by Gasteiger charge is -2.22. The Morgan fingerprint density at radius 3 is 2.81 bits per heavy atom. The first kappa shape index (κ1) is 16.0. The van der Waals surface area contributed by atoms with Gasteiger partial charge >= 0.3 is 0 Å². The van der Waals surface area contributed by atoms with E-state index in [9.17, 15) is 9.18 Å². The fourth-order valence-corrected chi connectivity index (χ4v) is 2.95. The second-order valence-corrected chi connectivity index (χ2v) is 6.11. The molecule has 1 saturated carbocycles. The number of amides is 1. The monoisotopic (exact) mass is 292 g/mol. The average molecular weight is 292 g/mol. The molecule has 0 aromatic heterocycles. The molecule has 0 heterocycles. The molecule has 0 unspecified atom stereocenters. The zero-order chi connectivity index (χ0) is 15.1. The molecule has 116 valence electrons. The van der Waals surface area contributed by atoms with Crippen LogP contribution in [0.1, 0.15) is 37.7 Å². The van der Waals surface area contributed by atoms with Gasteiger partial charge in [0.25, 0.3) is 0 Å². The van der Waals surface area contributed by atoms with Crippen LogP contribution in [0.2, 0.25) is 0 Å². The van der Waals surface area contributed by atoms with Gasteiger partial charge in [0.1, 0.15) is 5.82 Å². The second-order valence-electron chi connectivity index (χ2n) is 6.11. The summed E-state index contributed by atoms with van der Waals surface area (Å²) in [5.74, 6) is 0.471. The van der Waals surface area contributed by atoms with Crippen LogP contribution in [0.4, 0.5) is 4.39 Å². The minimum absolute atomic E-state index is 0.0551. The van der Waals surface area contributed by atoms with Crippen LogP contribution >= 0.6 is 0 Å². The number of hydrogen-bond donors (Lipinski definition) is 1. The van der Waals surface area contributed by atoms with Crippen molar-refractivity contribution >= 4 is 5.91 Å². The molecular formula is C17H25FN2O. The van der Waals surface area contributed by atoms with E-state index in [1.807, 2.05) is 18.0 Å². The van der Waals surface area contributed by atoms with Crippen LogP contribution in [0, 0.1) is 11.7 Å². The fraction of sp³-hybridized carbons (Fsp3) is 0.588. The summed E-state index contributed by atoms with van der Waals surface area (Å²) in [4.78, 5) is 13.8. The number of hydrogen-bond acceptors (Lipinski definition) is 2. The molecule has 0 spiro atoms. The predicted molar refractivity (Wildman–Crippen MR) is 82.3 cm³/mol. The number of carbonyl (C=O) groups is 1. The van der Waals surface area contributed by atoms with Crippen molar-refractivity contribution in [2.75, 3.05) is 20.1 Å². The van der Waals surface area contributed by atoms with Crippen molar-refractivity contribution in [1.29, 1.82) is 0 Å². The van der Waals surface area contributed by atoms with Gasteiger partial charge in [-0.25, -0.2) is 4.39 Å². The Hall–Kier alpha value is -1.42. The largest absolute Gasteiger partial charge is 0.355 e. The van der Waals surface area contributed by atoms with Crippen LogP contribution in [0.15, 0.2) is 24.3 Å². The topological polar surface area (TPSA) is 32.3 Å². The summed E-state index contributed by atoms with van der Waals surface area (Å²) in [6.07, 6.45) is 6.39. The number of benzene rings is 1. The van der Waals surface area contributed by atoms with Gasteiger partial charge in [-0.15, -0.1) is 0 Å². The molecule has 1 N–H and O–H groups in total. The summed E-state index contributed by atoms with van der Waals surface area (Å²) < 4.78 is 13.1. The molecule has 21 heavy (non-hydrogen) atoms. The molecular weight excluding hydrogens is 267 g/mol. The van der Waals surface area contributed by atoms with E-state index in [-0.39, 0.29) is 11.7 Å². The molecule has 4 heteroatoms. The molecule has 3 nitrogen and oxygen atoms in total. The Morgan fingerprint density at radius 1 is 1.33 bits per heavy atom. The maximum absolute atomic E-state index is 13.1. The number of nitrogens with zero attached hydrogens (tertiary/aromatic N) is 1. The van der Waals surface area contributed by atoms with Crippen LogP contribution in [-0.2, 0) is 11.3 Å². The summed E-state index contributed by atoms with van der Waals surface area (Å²) in [7, 11) is 1.88. The molecule has 1 amide bonds. The summed E-state index contributed by atoms with van der Waals surface area (Å²) in [6.45, 7) is 1.73. The van der Waals surface area contributed by atoms with Gasteiger partial charge in [0, 0.05) is 13.1 Å². The Kier molecular flexibility index (Phi) is 6.18. The van der Waals surface area contributed by atoms with E-state index < -0.39 is 0 Å². The van der Waals surface area contributed by atoms with E-state index in [1.165, 1.54) is 44.2 Å². The van der Waals surface area contributed by atoms with Gasteiger partial charge in [0.05, 0.1) is 6.54 Å². The quantitative estimate of drug-likeness (QED) is 0.874. The summed E-state index contributed by atoms with van der Waals surface area (Å²) >= 11 is 0. The maximum Gasteiger partial charge on any atom is 0.234 e. The molecule has 1 aliphatic carbocycles. The minimum Gasteiger partial charge on any atom is -0.355 e. The smallest absolute Gasteiger partial charge is 0.234 e. The number of nitrogens with one attached hydrogen (secondary N) is 1. The number of carbonyl (C=O) groups excluding carboxylic acids is 1. The van der Waals surface area contributed by atoms with E-state index in [1.54, 1.807) is 6.07 Å². The molecule has 1 aromatic rings. The lowest BCUT2D eigenvalue weighted by molar-refractivity contribution is -0.122. The lowest BCUT2D eigenvalue weighted by atomic mass is 9.89. The molecule has 1 aromatic carbocycles. The third-order valence-corrected chi connectivity index (χ3v) is 4.07. The van der Waals surface area contributed by atoms with Gasteiger partial charge in [-0.3, -0.25) is 9.69 Å². The predicted octanol–water partition coefficient (Wildman–Crippen LogP) is 2.95. The molecule has 2 rings (SSSR count). The zero-order valence-corrected chi connectivity index (χ0v) is 12.8. The Balaban J connectivity index is 1.69. The summed E-state index contributed by atoms with van der Waals surface area (Å²) in [5.41, 5.74) is 0.887. The minimum atomic E-state index is -0.234. The fourth-order valence-electron chi connectivity index (χ4n) is 2.95. The number of rotatable bonds is 6. The van der Waals surface area contributed by atoms with Crippen molar-refractivity contribution in [3.63, 3.8) is 0 Å². The highest BCUT2D eigenvalue weighted by molar-refractivity contribution is 5.77. The van der Waals surface area contributed by atoms with Gasteiger partial charge in [-0.05, 0) is 43.5 Å². The van der Waals surface area contributed by atoms with E-state index in [2.05, 4.69) is 5.32 Å². The highest BCUT2D eigenvalue weighted by Crippen LogP contribution is 2.22. The first-order chi connectivity index (χ1) is 10.1. The zero-order valence-electron chi connectivity index (χ0n) is 12.8. The lowest BCUT2D eigenvalue weighted by Crippen LogP contribution is -2.37. The Labute approximate surface area is 126 Å². The van der Waals surface area contributed by atoms with Crippen molar-refractivity contribution in [3.8, 4) is 0 Å². The molecule has 1 fully saturated rings. The highest BCUT2D eigenvalue weighted by atomic mass is 19.1. The van der Waals surface area contributed by atoms with Gasteiger partial charge in [-0.2, -0.15) is 0 Å². The van der Waals surface area contributed by atoms with Crippen molar-refractivity contribution < 1.29 is 9.18 Å². The van der Waals surface area contributed by atoms with Crippen LogP contribution in [0.25, 0.3) is 0 Å². The SMILES string of the molecule is CN(CC(=O)NCC1CCCCC1)Cc1cccc(F)c1. The molecule has 1 aliphatic rings. The number of likely N-dealkylation sites (N-methyl/N-ethyl adjacent to an activating group) is 1. The molecule has 0 aliphatic heterocycles. The summed E-state index contributed by atoms with van der Waals surface area (Å²) in [5, 5.41) is 3.03. The number of halogens is 1. The first-order valence-electron chi connectivity index (χ1n) is 7.83. The van der Waals surface area contributed by atoms with Crippen LogP contribution < -0.4 is 5.32 Å². The van der Waals surface area contributed by atoms with Crippen molar-refractivity contribution in [1.82, 2.24) is 10.2 Å². The molecule has 0 radical (unpaired) electrons. The van der Waals surface area contributed by atoms with E-state index in [0.29, 0.717) is 19.0 Å². The highest BCUT2D eigenvalue weighted by Gasteiger charge is 2.14. The van der Waals surface area contributed by atoms with Crippen LogP contribution in [0.5, 0.6) is 0 Å². The molecule has 0 atom stereocenters. The maximum atomic E-state index is 13.1. The van der Waals surface area contributed by atoms with Crippen molar-refractivity contribution in [2.45, 2.75) is 38.6 Å². The van der Waals surface area contributed by atoms with E-state index >= 15 is 0 Å². The van der Waals surface area contributed by atoms with E-state index in [0.717, 1.165) is 12.1 Å². The van der Waals surface area contributed by atoms with Gasteiger partial charge in [0.2, 0.25) is 5.91 Å². The summed E-state index contributed by atoms with van der Waals surface area (Å²) in [6, 6.07) is 6.51. The van der Waals surface area contributed by atoms with Crippen molar-refractivity contribution in [2.24, 2.45) is 5.92 Å². The standard InChI is InChI=1S/C17H25FN2O/c1-20(12-15-8-5-9-16(18)10-15)13-17(21)19-11-14-6-3-2-4-7-14/h5,8-10,14H,2-4,6-7,11-13H2,1H3,(H,19,21). The van der Waals surface area contributed by atoms with Crippen molar-refractivity contribution in [3.05, 3.63) is 35.6 Å². The average Bonchev–Trinajstić information content (AvgIpc) is 2.46. The van der Waals surface area contributed by atoms with E-state index in [4.69, 9.17) is 0 Å². The Morgan fingerprint density at radius 2 is 2.10 bits per heavy atom. The normalized spacial score (nSPS) is 16.1.